The Labute approximate surface area is 243 Å². The van der Waals surface area contributed by atoms with Gasteiger partial charge in [-0.05, 0) is 68.2 Å². The first-order valence-corrected chi connectivity index (χ1v) is 15.4. The number of nitrogen functional groups attached to an aromatic ring is 1. The minimum absolute atomic E-state index is 0.0379. The van der Waals surface area contributed by atoms with Gasteiger partial charge >= 0.3 is 0 Å². The zero-order valence-corrected chi connectivity index (χ0v) is 24.5. The topological polar surface area (TPSA) is 106 Å². The van der Waals surface area contributed by atoms with E-state index in [1.165, 1.54) is 17.6 Å². The standard InChI is InChI=1S/C32H43N5O4/c1-21-7-9-32(30-23(21)5-6-26(34)24(30)16-33)15-27-25(18-41-32)28(36-10-4-12-39-20-36)13-29(35-27)40-19-31-8-3-11-37(31)17-22(14-31)38-2/h5-6,21-22,28H,3-4,7-15,17-20,34H2,1-2H3. The summed E-state index contributed by atoms with van der Waals surface area (Å²) < 4.78 is 25.2. The summed E-state index contributed by atoms with van der Waals surface area (Å²) in [4.78, 5) is 10.2. The first-order chi connectivity index (χ1) is 19.9. The Morgan fingerprint density at radius 1 is 1.24 bits per heavy atom. The van der Waals surface area contributed by atoms with Crippen molar-refractivity contribution in [2.24, 2.45) is 4.99 Å². The molecule has 5 unspecified atom stereocenters. The van der Waals surface area contributed by atoms with Gasteiger partial charge in [0, 0.05) is 56.9 Å². The predicted molar refractivity (Wildman–Crippen MR) is 155 cm³/mol. The van der Waals surface area contributed by atoms with Crippen molar-refractivity contribution in [3.05, 3.63) is 40.1 Å². The molecule has 0 bridgehead atoms. The van der Waals surface area contributed by atoms with Crippen molar-refractivity contribution in [1.29, 1.82) is 5.26 Å². The fourth-order valence-corrected chi connectivity index (χ4v) is 8.47. The molecule has 41 heavy (non-hydrogen) atoms. The minimum Gasteiger partial charge on any atom is -0.479 e. The number of anilines is 1. The van der Waals surface area contributed by atoms with E-state index in [2.05, 4.69) is 28.9 Å². The molecule has 5 heterocycles. The van der Waals surface area contributed by atoms with Gasteiger partial charge in [-0.3, -0.25) is 9.80 Å². The molecule has 1 aromatic carbocycles. The monoisotopic (exact) mass is 561 g/mol. The number of nitriles is 1. The van der Waals surface area contributed by atoms with E-state index in [4.69, 9.17) is 29.7 Å². The van der Waals surface area contributed by atoms with Crippen molar-refractivity contribution in [2.75, 3.05) is 59.0 Å². The second-order valence-corrected chi connectivity index (χ2v) is 13.0. The van der Waals surface area contributed by atoms with Gasteiger partial charge in [-0.25, -0.2) is 4.99 Å². The zero-order valence-electron chi connectivity index (χ0n) is 24.5. The third kappa shape index (κ3) is 4.59. The highest BCUT2D eigenvalue weighted by molar-refractivity contribution is 5.80. The zero-order chi connectivity index (χ0) is 28.2. The molecule has 0 amide bonds. The van der Waals surface area contributed by atoms with Gasteiger partial charge in [0.2, 0.25) is 0 Å². The number of nitrogens with zero attached hydrogens (tertiary/aromatic N) is 4. The number of hydrogen-bond acceptors (Lipinski definition) is 9. The van der Waals surface area contributed by atoms with Crippen LogP contribution in [0.2, 0.25) is 0 Å². The van der Waals surface area contributed by atoms with Crippen LogP contribution in [-0.4, -0.2) is 86.7 Å². The Morgan fingerprint density at radius 2 is 2.15 bits per heavy atom. The van der Waals surface area contributed by atoms with Crippen molar-refractivity contribution in [3.63, 3.8) is 0 Å². The molecule has 5 atom stereocenters. The van der Waals surface area contributed by atoms with Gasteiger partial charge in [-0.15, -0.1) is 0 Å². The van der Waals surface area contributed by atoms with E-state index in [-0.39, 0.29) is 17.7 Å². The molecule has 0 radical (unpaired) electrons. The highest BCUT2D eigenvalue weighted by Gasteiger charge is 2.51. The Bertz CT molecular complexity index is 1300. The highest BCUT2D eigenvalue weighted by atomic mass is 16.5. The van der Waals surface area contributed by atoms with E-state index in [1.54, 1.807) is 0 Å². The molecule has 9 heteroatoms. The van der Waals surface area contributed by atoms with Crippen LogP contribution >= 0.6 is 0 Å². The number of fused-ring (bicyclic) bond motifs is 3. The Kier molecular flexibility index (Phi) is 7.11. The van der Waals surface area contributed by atoms with Gasteiger partial charge in [0.25, 0.3) is 0 Å². The quantitative estimate of drug-likeness (QED) is 0.550. The molecule has 1 aliphatic carbocycles. The lowest BCUT2D eigenvalue weighted by atomic mass is 9.69. The van der Waals surface area contributed by atoms with Gasteiger partial charge in [0.05, 0.1) is 36.2 Å². The summed E-state index contributed by atoms with van der Waals surface area (Å²) in [5.41, 5.74) is 11.3. The smallest absolute Gasteiger partial charge is 0.190 e. The fourth-order valence-electron chi connectivity index (χ4n) is 8.47. The summed E-state index contributed by atoms with van der Waals surface area (Å²) >= 11 is 0. The molecule has 2 N–H and O–H groups in total. The summed E-state index contributed by atoms with van der Waals surface area (Å²) in [5, 5.41) is 10.2. The van der Waals surface area contributed by atoms with Crippen LogP contribution in [0.3, 0.4) is 0 Å². The fraction of sp³-hybridized carbons (Fsp3) is 0.688. The normalized spacial score (nSPS) is 35.5. The van der Waals surface area contributed by atoms with E-state index in [1.807, 2.05) is 13.2 Å². The van der Waals surface area contributed by atoms with E-state index >= 15 is 0 Å². The minimum atomic E-state index is -0.603. The van der Waals surface area contributed by atoms with Crippen molar-refractivity contribution in [2.45, 2.75) is 87.5 Å². The summed E-state index contributed by atoms with van der Waals surface area (Å²) in [6, 6.07) is 6.53. The lowest BCUT2D eigenvalue weighted by Gasteiger charge is -2.47. The molecule has 5 aliphatic heterocycles. The molecule has 3 fully saturated rings. The van der Waals surface area contributed by atoms with E-state index in [9.17, 15) is 5.26 Å². The molecule has 0 saturated carbocycles. The van der Waals surface area contributed by atoms with Gasteiger partial charge < -0.3 is 24.7 Å². The van der Waals surface area contributed by atoms with Gasteiger partial charge in [0.15, 0.2) is 5.90 Å². The van der Waals surface area contributed by atoms with Gasteiger partial charge in [-0.2, -0.15) is 5.26 Å². The summed E-state index contributed by atoms with van der Waals surface area (Å²) in [6.45, 7) is 7.88. The van der Waals surface area contributed by atoms with Gasteiger partial charge in [0.1, 0.15) is 18.3 Å². The summed E-state index contributed by atoms with van der Waals surface area (Å²) in [6.07, 6.45) is 7.84. The van der Waals surface area contributed by atoms with Crippen LogP contribution in [0.15, 0.2) is 28.4 Å². The Morgan fingerprint density at radius 3 is 2.95 bits per heavy atom. The van der Waals surface area contributed by atoms with Crippen LogP contribution in [0, 0.1) is 11.3 Å². The predicted octanol–water partition coefficient (Wildman–Crippen LogP) is 4.03. The van der Waals surface area contributed by atoms with E-state index in [0.29, 0.717) is 43.5 Å². The molecule has 1 spiro atoms. The molecule has 6 aliphatic rings. The van der Waals surface area contributed by atoms with Crippen LogP contribution in [-0.2, 0) is 24.5 Å². The van der Waals surface area contributed by atoms with Crippen LogP contribution in [0.25, 0.3) is 0 Å². The van der Waals surface area contributed by atoms with Crippen LogP contribution < -0.4 is 5.73 Å². The highest BCUT2D eigenvalue weighted by Crippen LogP contribution is 2.52. The maximum Gasteiger partial charge on any atom is 0.190 e. The lowest BCUT2D eigenvalue weighted by molar-refractivity contribution is -0.0763. The second-order valence-electron chi connectivity index (χ2n) is 13.0. The average molecular weight is 562 g/mol. The molecule has 0 aromatic heterocycles. The van der Waals surface area contributed by atoms with Crippen molar-refractivity contribution >= 4 is 11.6 Å². The third-order valence-corrected chi connectivity index (χ3v) is 10.8. The SMILES string of the molecule is COC1CN2CCCC2(COC2=NC3=C(COC4(CCC(C)c5ccc(N)c(C#N)c54)C3)C(N3CCCOC3)C2)C1. The summed E-state index contributed by atoms with van der Waals surface area (Å²) in [7, 11) is 1.82. The maximum absolute atomic E-state index is 10.2. The number of benzene rings is 1. The largest absolute Gasteiger partial charge is 0.479 e. The number of rotatable bonds is 4. The van der Waals surface area contributed by atoms with Crippen LogP contribution in [0.1, 0.15) is 80.9 Å². The van der Waals surface area contributed by atoms with Crippen molar-refractivity contribution in [3.8, 4) is 6.07 Å². The average Bonchev–Trinajstić information content (AvgIpc) is 3.55. The molecule has 9 nitrogen and oxygen atoms in total. The molecular formula is C32H43N5O4. The van der Waals surface area contributed by atoms with Crippen molar-refractivity contribution < 1.29 is 18.9 Å². The molecular weight excluding hydrogens is 518 g/mol. The molecule has 7 rings (SSSR count). The maximum atomic E-state index is 10.2. The number of ether oxygens (including phenoxy) is 4. The van der Waals surface area contributed by atoms with E-state index in [0.717, 1.165) is 81.9 Å². The van der Waals surface area contributed by atoms with Gasteiger partial charge in [-0.1, -0.05) is 13.0 Å². The summed E-state index contributed by atoms with van der Waals surface area (Å²) in [5.74, 6) is 1.17. The van der Waals surface area contributed by atoms with Crippen LogP contribution in [0.4, 0.5) is 5.69 Å². The lowest BCUT2D eigenvalue weighted by Crippen LogP contribution is -2.49. The molecule has 1 aromatic rings. The number of aliphatic imine (C=N–C) groups is 1. The Balaban J connectivity index is 1.22. The first-order valence-electron chi connectivity index (χ1n) is 15.4. The van der Waals surface area contributed by atoms with Crippen LogP contribution in [0.5, 0.6) is 0 Å². The molecule has 3 saturated heterocycles. The third-order valence-electron chi connectivity index (χ3n) is 10.8. The number of hydrogen-bond donors (Lipinski definition) is 1. The Hall–Kier alpha value is -2.48. The molecule has 220 valence electrons. The van der Waals surface area contributed by atoms with E-state index < -0.39 is 5.60 Å². The number of nitrogens with two attached hydrogens (primary N) is 1. The number of methoxy groups -OCH3 is 1. The van der Waals surface area contributed by atoms with Crippen molar-refractivity contribution in [1.82, 2.24) is 9.80 Å². The first kappa shape index (κ1) is 27.4. The second kappa shape index (κ2) is 10.7.